The van der Waals surface area contributed by atoms with Gasteiger partial charge in [0.2, 0.25) is 0 Å². The minimum Gasteiger partial charge on any atom is -0.490 e. The molecule has 3 heterocycles. The van der Waals surface area contributed by atoms with Gasteiger partial charge in [0, 0.05) is 50.7 Å². The van der Waals surface area contributed by atoms with Crippen LogP contribution in [0.2, 0.25) is 0 Å². The van der Waals surface area contributed by atoms with Gasteiger partial charge in [0.05, 0.1) is 18.2 Å². The normalized spacial score (nSPS) is 27.7. The highest BCUT2D eigenvalue weighted by molar-refractivity contribution is 5.69. The van der Waals surface area contributed by atoms with E-state index in [2.05, 4.69) is 15.5 Å². The number of nitrogens with one attached hydrogen (secondary N) is 2. The third-order valence-electron chi connectivity index (χ3n) is 7.52. The molecule has 0 bridgehead atoms. The molecule has 35 heavy (non-hydrogen) atoms. The Kier molecular flexibility index (Phi) is 7.54. The van der Waals surface area contributed by atoms with E-state index in [0.717, 1.165) is 56.7 Å². The molecule has 1 amide bonds. The highest BCUT2D eigenvalue weighted by Crippen LogP contribution is 2.41. The summed E-state index contributed by atoms with van der Waals surface area (Å²) in [5.74, 6) is 0.810. The second-order valence-electron chi connectivity index (χ2n) is 10.9. The van der Waals surface area contributed by atoms with Crippen molar-refractivity contribution in [2.24, 2.45) is 5.92 Å². The summed E-state index contributed by atoms with van der Waals surface area (Å²) in [4.78, 5) is 28.3. The fraction of sp³-hybridized carbons (Fsp3) is 0.720. The molecule has 0 spiro atoms. The summed E-state index contributed by atoms with van der Waals surface area (Å²) in [5, 5.41) is 18.6. The Morgan fingerprint density at radius 3 is 2.51 bits per heavy atom. The Hall–Kier alpha value is -2.43. The number of carbonyl (C=O) groups excluding carboxylic acids is 1. The van der Waals surface area contributed by atoms with E-state index in [1.807, 2.05) is 38.7 Å². The van der Waals surface area contributed by atoms with E-state index in [-0.39, 0.29) is 34.8 Å². The molecule has 1 aromatic carbocycles. The largest absolute Gasteiger partial charge is 0.490 e. The molecule has 0 saturated carbocycles. The van der Waals surface area contributed by atoms with Crippen LogP contribution >= 0.6 is 0 Å². The van der Waals surface area contributed by atoms with Crippen LogP contribution in [-0.4, -0.2) is 85.0 Å². The first-order chi connectivity index (χ1) is 16.6. The maximum atomic E-state index is 12.8. The lowest BCUT2D eigenvalue weighted by molar-refractivity contribution is -0.385. The van der Waals surface area contributed by atoms with Gasteiger partial charge in [-0.1, -0.05) is 0 Å². The number of likely N-dealkylation sites (tertiary alicyclic amines) is 1. The zero-order chi connectivity index (χ0) is 25.3. The number of benzene rings is 1. The van der Waals surface area contributed by atoms with E-state index >= 15 is 0 Å². The maximum absolute atomic E-state index is 12.8. The Bertz CT molecular complexity index is 949. The van der Waals surface area contributed by atoms with Crippen molar-refractivity contribution in [2.45, 2.75) is 64.3 Å². The van der Waals surface area contributed by atoms with Gasteiger partial charge >= 0.3 is 11.8 Å². The molecule has 10 nitrogen and oxygen atoms in total. The van der Waals surface area contributed by atoms with Gasteiger partial charge in [-0.15, -0.1) is 0 Å². The third kappa shape index (κ3) is 5.39. The first-order valence-electron chi connectivity index (χ1n) is 12.6. The van der Waals surface area contributed by atoms with Crippen LogP contribution in [0, 0.1) is 23.0 Å². The summed E-state index contributed by atoms with van der Waals surface area (Å²) < 4.78 is 11.1. The lowest BCUT2D eigenvalue weighted by atomic mass is 9.74. The van der Waals surface area contributed by atoms with Crippen LogP contribution in [-0.2, 0) is 4.74 Å². The average molecular weight is 490 g/mol. The zero-order valence-electron chi connectivity index (χ0n) is 21.5. The quantitative estimate of drug-likeness (QED) is 0.480. The minimum atomic E-state index is -0.521. The van der Waals surface area contributed by atoms with Crippen molar-refractivity contribution in [1.29, 1.82) is 0 Å². The van der Waals surface area contributed by atoms with Crippen LogP contribution in [0.15, 0.2) is 12.1 Å². The van der Waals surface area contributed by atoms with Crippen molar-refractivity contribution < 1.29 is 19.2 Å². The summed E-state index contributed by atoms with van der Waals surface area (Å²) in [5.41, 5.74) is 1.48. The molecule has 10 heteroatoms. The van der Waals surface area contributed by atoms with E-state index in [9.17, 15) is 14.9 Å². The van der Waals surface area contributed by atoms with Gasteiger partial charge in [-0.3, -0.25) is 19.9 Å². The predicted octanol–water partition coefficient (Wildman–Crippen LogP) is 2.85. The average Bonchev–Trinajstić information content (AvgIpc) is 2.77. The van der Waals surface area contributed by atoms with Crippen LogP contribution in [0.5, 0.6) is 5.75 Å². The van der Waals surface area contributed by atoms with Gasteiger partial charge in [0.1, 0.15) is 5.60 Å². The molecule has 3 saturated heterocycles. The number of methoxy groups -OCH3 is 1. The zero-order valence-corrected chi connectivity index (χ0v) is 21.5. The van der Waals surface area contributed by atoms with Gasteiger partial charge in [-0.05, 0) is 70.2 Å². The Morgan fingerprint density at radius 2 is 1.89 bits per heavy atom. The lowest BCUT2D eigenvalue weighted by Crippen LogP contribution is -2.68. The topological polar surface area (TPSA) is 109 Å². The molecule has 0 aromatic heterocycles. The van der Waals surface area contributed by atoms with E-state index in [1.165, 1.54) is 7.11 Å². The Balaban J connectivity index is 1.60. The van der Waals surface area contributed by atoms with Crippen LogP contribution < -0.4 is 15.4 Å². The number of rotatable bonds is 5. The molecule has 3 fully saturated rings. The fourth-order valence-electron chi connectivity index (χ4n) is 5.83. The van der Waals surface area contributed by atoms with Crippen LogP contribution in [0.4, 0.5) is 10.5 Å². The van der Waals surface area contributed by atoms with Crippen LogP contribution in [0.3, 0.4) is 0 Å². The van der Waals surface area contributed by atoms with Gasteiger partial charge in [0.25, 0.3) is 0 Å². The molecule has 0 aliphatic carbocycles. The maximum Gasteiger partial charge on any atom is 0.411 e. The number of piperazine rings is 1. The number of piperidine rings is 1. The smallest absolute Gasteiger partial charge is 0.411 e. The van der Waals surface area contributed by atoms with Crippen LogP contribution in [0.25, 0.3) is 0 Å². The Labute approximate surface area is 207 Å². The first kappa shape index (κ1) is 25.7. The number of ether oxygens (including phenoxy) is 2. The molecule has 0 radical (unpaired) electrons. The number of hydrogen-bond donors (Lipinski definition) is 2. The highest BCUT2D eigenvalue weighted by Gasteiger charge is 2.46. The number of aryl methyl sites for hydroxylation is 1. The van der Waals surface area contributed by atoms with E-state index in [0.29, 0.717) is 18.2 Å². The highest BCUT2D eigenvalue weighted by atomic mass is 16.6. The van der Waals surface area contributed by atoms with Gasteiger partial charge in [-0.2, -0.15) is 0 Å². The summed E-state index contributed by atoms with van der Waals surface area (Å²) in [6, 6.07) is 3.73. The number of amides is 1. The molecule has 4 rings (SSSR count). The SMILES string of the molecule is COc1cc(C2CNCCC2C2CNCCN2C2CCN2C(=O)OC(C)(C)C)c(C)cc1[N+](=O)[O-]. The second-order valence-corrected chi connectivity index (χ2v) is 10.9. The number of carbonyl (C=O) groups is 1. The van der Waals surface area contributed by atoms with E-state index in [4.69, 9.17) is 9.47 Å². The molecule has 3 aliphatic heterocycles. The molecule has 3 aliphatic rings. The Morgan fingerprint density at radius 1 is 1.14 bits per heavy atom. The second kappa shape index (κ2) is 10.3. The molecular formula is C25H39N5O5. The number of nitro benzene ring substituents is 1. The molecule has 1 aromatic rings. The van der Waals surface area contributed by atoms with Crippen LogP contribution in [0.1, 0.15) is 50.7 Å². The van der Waals surface area contributed by atoms with Crippen molar-refractivity contribution in [3.63, 3.8) is 0 Å². The molecule has 194 valence electrons. The first-order valence-corrected chi connectivity index (χ1v) is 12.6. The summed E-state index contributed by atoms with van der Waals surface area (Å²) >= 11 is 0. The summed E-state index contributed by atoms with van der Waals surface area (Å²) in [7, 11) is 1.48. The molecule has 2 N–H and O–H groups in total. The van der Waals surface area contributed by atoms with Gasteiger partial charge in [-0.25, -0.2) is 4.79 Å². The third-order valence-corrected chi connectivity index (χ3v) is 7.52. The predicted molar refractivity (Wildman–Crippen MR) is 133 cm³/mol. The van der Waals surface area contributed by atoms with Crippen molar-refractivity contribution >= 4 is 11.8 Å². The number of nitrogens with zero attached hydrogens (tertiary/aromatic N) is 3. The molecule has 4 unspecified atom stereocenters. The van der Waals surface area contributed by atoms with Crippen molar-refractivity contribution in [2.75, 3.05) is 46.4 Å². The van der Waals surface area contributed by atoms with Crippen molar-refractivity contribution in [3.8, 4) is 5.75 Å². The summed E-state index contributed by atoms with van der Waals surface area (Å²) in [6.45, 7) is 12.7. The van der Waals surface area contributed by atoms with Gasteiger partial charge < -0.3 is 20.1 Å². The minimum absolute atomic E-state index is 0.00232. The van der Waals surface area contributed by atoms with E-state index < -0.39 is 5.60 Å². The standard InChI is InChI=1S/C25H39N5O5/c1-16-12-20(30(32)33)22(34-5)13-18(16)19-14-26-8-6-17(19)21-15-27-9-11-28(21)23-7-10-29(23)24(31)35-25(2,3)4/h12-13,17,19,21,23,26-27H,6-11,14-15H2,1-5H3. The monoisotopic (exact) mass is 489 g/mol. The fourth-order valence-corrected chi connectivity index (χ4v) is 5.83. The van der Waals surface area contributed by atoms with Crippen molar-refractivity contribution in [1.82, 2.24) is 20.4 Å². The van der Waals surface area contributed by atoms with E-state index in [1.54, 1.807) is 6.07 Å². The number of hydrogen-bond acceptors (Lipinski definition) is 8. The lowest BCUT2D eigenvalue weighted by Gasteiger charge is -2.54. The molecule has 4 atom stereocenters. The summed E-state index contributed by atoms with van der Waals surface area (Å²) in [6.07, 6.45) is 1.73. The molecular weight excluding hydrogens is 450 g/mol. The number of nitro groups is 1. The van der Waals surface area contributed by atoms with Gasteiger partial charge in [0.15, 0.2) is 5.75 Å². The van der Waals surface area contributed by atoms with Crippen molar-refractivity contribution in [3.05, 3.63) is 33.4 Å².